The average molecular weight is 472 g/mol. The second-order valence-electron chi connectivity index (χ2n) is 5.20. The quantitative estimate of drug-likeness (QED) is 0.458. The fourth-order valence-corrected chi connectivity index (χ4v) is 14.3. The molecule has 104 valence electrons. The van der Waals surface area contributed by atoms with Crippen molar-refractivity contribution in [2.45, 2.75) is 23.9 Å². The maximum absolute atomic E-state index is 2.47. The summed E-state index contributed by atoms with van der Waals surface area (Å²) in [5.74, 6) is 0. The minimum Gasteiger partial charge on any atom is -1.00 e. The molecule has 0 saturated carbocycles. The molecule has 1 aromatic carbocycles. The molecule has 3 heteroatoms. The van der Waals surface area contributed by atoms with Crippen LogP contribution in [-0.4, -0.2) is 3.26 Å². The minimum atomic E-state index is -1.86. The molecule has 0 radical (unpaired) electrons. The molecule has 3 rings (SSSR count). The van der Waals surface area contributed by atoms with Crippen LogP contribution in [0.1, 0.15) is 35.1 Å². The van der Waals surface area contributed by atoms with Crippen LogP contribution in [0, 0.1) is 0 Å². The third kappa shape index (κ3) is 3.32. The van der Waals surface area contributed by atoms with Gasteiger partial charge in [-0.3, -0.25) is 0 Å². The number of hydrogen-bond acceptors (Lipinski definition) is 0. The molecule has 20 heavy (non-hydrogen) atoms. The molecule has 0 aromatic heterocycles. The second-order valence-corrected chi connectivity index (χ2v) is 16.3. The molecule has 0 heterocycles. The van der Waals surface area contributed by atoms with Gasteiger partial charge in [-0.05, 0) is 0 Å². The van der Waals surface area contributed by atoms with Crippen molar-refractivity contribution in [2.75, 3.05) is 0 Å². The molecule has 1 unspecified atom stereocenters. The Morgan fingerprint density at radius 2 is 1.90 bits per heavy atom. The van der Waals surface area contributed by atoms with Gasteiger partial charge in [0.25, 0.3) is 0 Å². The topological polar surface area (TPSA) is 0 Å². The van der Waals surface area contributed by atoms with E-state index in [1.807, 2.05) is 0 Å². The molecule has 0 nitrogen and oxygen atoms in total. The summed E-state index contributed by atoms with van der Waals surface area (Å²) in [6.07, 6.45) is 13.0. The van der Waals surface area contributed by atoms with E-state index in [4.69, 9.17) is 0 Å². The normalized spacial score (nSPS) is 17.4. The Balaban J connectivity index is 0.000001000. The number of benzene rings is 1. The van der Waals surface area contributed by atoms with E-state index in [2.05, 4.69) is 68.5 Å². The zero-order valence-electron chi connectivity index (χ0n) is 11.7. The van der Waals surface area contributed by atoms with Crippen LogP contribution >= 0.6 is 0 Å². The number of rotatable bonds is 2. The number of hydrogen-bond donors (Lipinski definition) is 0. The van der Waals surface area contributed by atoms with Crippen molar-refractivity contribution in [3.05, 3.63) is 63.0 Å². The van der Waals surface area contributed by atoms with Crippen molar-refractivity contribution in [2.24, 2.45) is 0 Å². The van der Waals surface area contributed by atoms with Crippen molar-refractivity contribution in [1.29, 1.82) is 0 Å². The number of allylic oxidation sites excluding steroid dienone is 5. The molecule has 0 N–H and O–H groups in total. The first kappa shape index (κ1) is 17.8. The van der Waals surface area contributed by atoms with Gasteiger partial charge in [-0.2, -0.15) is 0 Å². The van der Waals surface area contributed by atoms with Gasteiger partial charge in [0.1, 0.15) is 0 Å². The molecular weight excluding hydrogens is 454 g/mol. The summed E-state index contributed by atoms with van der Waals surface area (Å²) in [6.45, 7) is 4.71. The predicted octanol–water partition coefficient (Wildman–Crippen LogP) is -1.56. The van der Waals surface area contributed by atoms with E-state index in [1.54, 1.807) is 12.1 Å². The smallest absolute Gasteiger partial charge is 1.00 e. The molecule has 0 bridgehead atoms. The molecule has 0 saturated heterocycles. The van der Waals surface area contributed by atoms with Crippen molar-refractivity contribution in [3.8, 4) is 0 Å². The van der Waals surface area contributed by atoms with Crippen LogP contribution in [0.4, 0.5) is 0 Å². The first-order valence-electron chi connectivity index (χ1n) is 6.58. The largest absolute Gasteiger partial charge is 1.00 e. The van der Waals surface area contributed by atoms with E-state index in [0.717, 1.165) is 3.67 Å². The average Bonchev–Trinajstić information content (AvgIpc) is 3.00. The van der Waals surface area contributed by atoms with Crippen molar-refractivity contribution in [1.82, 2.24) is 0 Å². The maximum atomic E-state index is 2.47. The van der Waals surface area contributed by atoms with Gasteiger partial charge in [0.05, 0.1) is 0 Å². The molecule has 1 atom stereocenters. The number of halogens is 2. The van der Waals surface area contributed by atoms with Gasteiger partial charge in [0.15, 0.2) is 0 Å². The molecule has 1 aromatic rings. The summed E-state index contributed by atoms with van der Waals surface area (Å²) < 4.78 is 4.23. The van der Waals surface area contributed by atoms with E-state index in [1.165, 1.54) is 12.0 Å². The molecule has 0 aliphatic heterocycles. The molecule has 2 aliphatic carbocycles. The Morgan fingerprint density at radius 3 is 2.55 bits per heavy atom. The fraction of sp³-hybridized carbons (Fsp3) is 0.235. The Labute approximate surface area is 141 Å². The van der Waals surface area contributed by atoms with E-state index in [9.17, 15) is 0 Å². The summed E-state index contributed by atoms with van der Waals surface area (Å²) in [7, 11) is 0. The van der Waals surface area contributed by atoms with Crippen molar-refractivity contribution in [3.63, 3.8) is 0 Å². The minimum absolute atomic E-state index is 0. The Hall–Kier alpha value is -0.240. The van der Waals surface area contributed by atoms with E-state index >= 15 is 0 Å². The van der Waals surface area contributed by atoms with Crippen molar-refractivity contribution < 1.29 is 45.8 Å². The number of fused-ring (bicyclic) bond motifs is 1. The summed E-state index contributed by atoms with van der Waals surface area (Å²) in [5, 5.41) is 0. The summed E-state index contributed by atoms with van der Waals surface area (Å²) in [6, 6.07) is 8.92. The second kappa shape index (κ2) is 7.68. The van der Waals surface area contributed by atoms with Crippen LogP contribution in [0.2, 0.25) is 0 Å². The first-order chi connectivity index (χ1) is 8.77. The SMILES string of the molecule is C[C](C)=[Hf+2]([C]1=CC=CC1)[CH]1C=Cc2ccccc21.[Cl-].[Cl-]. The predicted molar refractivity (Wildman–Crippen MR) is 76.4 cm³/mol. The molecular formula is C17H18Cl2Hf. The van der Waals surface area contributed by atoms with Crippen LogP contribution in [0.15, 0.2) is 51.9 Å². The Morgan fingerprint density at radius 1 is 1.15 bits per heavy atom. The Bertz CT molecular complexity index is 605. The third-order valence-corrected chi connectivity index (χ3v) is 15.5. The summed E-state index contributed by atoms with van der Waals surface area (Å²) in [4.78, 5) is 0. The summed E-state index contributed by atoms with van der Waals surface area (Å²) >= 11 is -1.86. The van der Waals surface area contributed by atoms with Gasteiger partial charge in [0, 0.05) is 0 Å². The van der Waals surface area contributed by atoms with Gasteiger partial charge in [0.2, 0.25) is 0 Å². The van der Waals surface area contributed by atoms with Crippen LogP contribution in [-0.2, 0) is 21.0 Å². The standard InChI is InChI=1S/C9H7.C5H5.C3H6.2ClH.Hf/c1-2-5-9-7-3-6-8(9)4-1;1-2-4-5-3-1;1-3-2;;;/h1-7H;1-3H,4H2;1-2H3;2*1H;/q;;;;;+2/p-2. The van der Waals surface area contributed by atoms with Gasteiger partial charge < -0.3 is 24.8 Å². The molecule has 0 spiro atoms. The zero-order valence-corrected chi connectivity index (χ0v) is 16.8. The van der Waals surface area contributed by atoms with E-state index in [0.29, 0.717) is 0 Å². The van der Waals surface area contributed by atoms with Crippen molar-refractivity contribution >= 4 is 9.33 Å². The zero-order chi connectivity index (χ0) is 12.5. The van der Waals surface area contributed by atoms with Crippen LogP contribution in [0.25, 0.3) is 6.08 Å². The van der Waals surface area contributed by atoms with E-state index < -0.39 is 21.0 Å². The van der Waals surface area contributed by atoms with Gasteiger partial charge >= 0.3 is 117 Å². The van der Waals surface area contributed by atoms with E-state index in [-0.39, 0.29) is 24.8 Å². The first-order valence-corrected chi connectivity index (χ1v) is 12.2. The third-order valence-electron chi connectivity index (χ3n) is 3.77. The van der Waals surface area contributed by atoms with Gasteiger partial charge in [-0.15, -0.1) is 0 Å². The molecule has 2 aliphatic rings. The molecule has 0 amide bonds. The fourth-order valence-electron chi connectivity index (χ4n) is 2.98. The summed E-state index contributed by atoms with van der Waals surface area (Å²) in [5.41, 5.74) is 3.02. The van der Waals surface area contributed by atoms with Gasteiger partial charge in [-0.1, -0.05) is 0 Å². The van der Waals surface area contributed by atoms with Gasteiger partial charge in [-0.25, -0.2) is 0 Å². The van der Waals surface area contributed by atoms with Crippen LogP contribution < -0.4 is 24.8 Å². The monoisotopic (exact) mass is 472 g/mol. The Kier molecular flexibility index (Phi) is 6.84. The van der Waals surface area contributed by atoms with Crippen LogP contribution in [0.5, 0.6) is 0 Å². The van der Waals surface area contributed by atoms with Crippen LogP contribution in [0.3, 0.4) is 0 Å². The molecule has 0 fully saturated rings. The maximum Gasteiger partial charge on any atom is -1.00 e.